The summed E-state index contributed by atoms with van der Waals surface area (Å²) in [6.45, 7) is 6.23. The van der Waals surface area contributed by atoms with E-state index in [1.54, 1.807) is 0 Å². The van der Waals surface area contributed by atoms with Crippen LogP contribution in [0.2, 0.25) is 0 Å². The first-order valence-corrected chi connectivity index (χ1v) is 7.87. The summed E-state index contributed by atoms with van der Waals surface area (Å²) in [6.07, 6.45) is 3.50. The van der Waals surface area contributed by atoms with Crippen molar-refractivity contribution in [3.05, 3.63) is 35.9 Å². The van der Waals surface area contributed by atoms with Crippen molar-refractivity contribution in [1.82, 2.24) is 10.2 Å². The normalized spacial score (nSPS) is 20.4. The molecular weight excluding hydrogens is 248 g/mol. The zero-order chi connectivity index (χ0) is 14.2. The monoisotopic (exact) mass is 276 g/mol. The molecule has 20 heavy (non-hydrogen) atoms. The van der Waals surface area contributed by atoms with Crippen molar-refractivity contribution in [2.75, 3.05) is 33.4 Å². The Morgan fingerprint density at radius 2 is 2.15 bits per heavy atom. The number of hydrogen-bond donors (Lipinski definition) is 1. The first kappa shape index (κ1) is 15.5. The van der Waals surface area contributed by atoms with Crippen molar-refractivity contribution < 1.29 is 4.74 Å². The Labute approximate surface area is 123 Å². The maximum absolute atomic E-state index is 5.48. The second-order valence-corrected chi connectivity index (χ2v) is 5.70. The van der Waals surface area contributed by atoms with E-state index >= 15 is 0 Å². The van der Waals surface area contributed by atoms with E-state index in [-0.39, 0.29) is 0 Å². The van der Waals surface area contributed by atoms with Gasteiger partial charge in [0.15, 0.2) is 0 Å². The average molecular weight is 276 g/mol. The number of rotatable bonds is 8. The van der Waals surface area contributed by atoms with Gasteiger partial charge in [-0.15, -0.1) is 0 Å². The van der Waals surface area contributed by atoms with Gasteiger partial charge in [0.05, 0.1) is 6.61 Å². The first-order valence-electron chi connectivity index (χ1n) is 7.87. The molecule has 0 aromatic heterocycles. The summed E-state index contributed by atoms with van der Waals surface area (Å²) in [4.78, 5) is 2.45. The number of nitrogens with zero attached hydrogens (tertiary/aromatic N) is 1. The fraction of sp³-hybridized carbons (Fsp3) is 0.647. The van der Waals surface area contributed by atoms with Gasteiger partial charge in [0.25, 0.3) is 0 Å². The molecule has 2 atom stereocenters. The van der Waals surface area contributed by atoms with Gasteiger partial charge >= 0.3 is 0 Å². The highest BCUT2D eigenvalue weighted by Crippen LogP contribution is 2.18. The number of likely N-dealkylation sites (N-methyl/N-ethyl adjacent to an activating group) is 1. The Morgan fingerprint density at radius 3 is 2.80 bits per heavy atom. The van der Waals surface area contributed by atoms with E-state index in [9.17, 15) is 0 Å². The molecule has 0 bridgehead atoms. The van der Waals surface area contributed by atoms with Crippen LogP contribution in [0.15, 0.2) is 30.3 Å². The Morgan fingerprint density at radius 1 is 1.35 bits per heavy atom. The van der Waals surface area contributed by atoms with Crippen molar-refractivity contribution in [3.8, 4) is 0 Å². The quantitative estimate of drug-likeness (QED) is 0.790. The van der Waals surface area contributed by atoms with Crippen LogP contribution in [0.25, 0.3) is 0 Å². The Bertz CT molecular complexity index is 363. The average Bonchev–Trinajstić information content (AvgIpc) is 3.02. The SMILES string of the molecule is CCCNC(CCN(C)C1CCOC1)c1ccccc1. The van der Waals surface area contributed by atoms with Gasteiger partial charge in [-0.05, 0) is 38.4 Å². The molecule has 2 unspecified atom stereocenters. The molecule has 0 saturated carbocycles. The zero-order valence-corrected chi connectivity index (χ0v) is 12.8. The molecule has 0 spiro atoms. The molecule has 112 valence electrons. The number of benzene rings is 1. The Hall–Kier alpha value is -0.900. The third-order valence-corrected chi connectivity index (χ3v) is 4.14. The van der Waals surface area contributed by atoms with Crippen molar-refractivity contribution in [2.24, 2.45) is 0 Å². The summed E-state index contributed by atoms with van der Waals surface area (Å²) in [7, 11) is 2.22. The van der Waals surface area contributed by atoms with Crippen molar-refractivity contribution >= 4 is 0 Å². The molecule has 0 aliphatic carbocycles. The standard InChI is InChI=1S/C17H28N2O/c1-3-11-18-17(15-7-5-4-6-8-15)9-12-19(2)16-10-13-20-14-16/h4-8,16-18H,3,9-14H2,1-2H3. The molecule has 3 nitrogen and oxygen atoms in total. The highest BCUT2D eigenvalue weighted by molar-refractivity contribution is 5.18. The summed E-state index contributed by atoms with van der Waals surface area (Å²) >= 11 is 0. The maximum Gasteiger partial charge on any atom is 0.0622 e. The van der Waals surface area contributed by atoms with Crippen molar-refractivity contribution in [2.45, 2.75) is 38.3 Å². The van der Waals surface area contributed by atoms with Crippen LogP contribution in [-0.4, -0.2) is 44.3 Å². The Balaban J connectivity index is 1.87. The molecule has 1 fully saturated rings. The molecular formula is C17H28N2O. The van der Waals surface area contributed by atoms with Gasteiger partial charge in [0, 0.05) is 25.2 Å². The van der Waals surface area contributed by atoms with E-state index < -0.39 is 0 Å². The fourth-order valence-corrected chi connectivity index (χ4v) is 2.78. The minimum absolute atomic E-state index is 0.459. The number of nitrogens with one attached hydrogen (secondary N) is 1. The van der Waals surface area contributed by atoms with Crippen LogP contribution in [0.4, 0.5) is 0 Å². The van der Waals surface area contributed by atoms with Gasteiger partial charge in [-0.3, -0.25) is 0 Å². The van der Waals surface area contributed by atoms with Gasteiger partial charge in [-0.25, -0.2) is 0 Å². The lowest BCUT2D eigenvalue weighted by atomic mass is 10.0. The van der Waals surface area contributed by atoms with Gasteiger partial charge in [-0.2, -0.15) is 0 Å². The summed E-state index contributed by atoms with van der Waals surface area (Å²) in [6, 6.07) is 11.9. The molecule has 1 saturated heterocycles. The smallest absolute Gasteiger partial charge is 0.0622 e. The second-order valence-electron chi connectivity index (χ2n) is 5.70. The summed E-state index contributed by atoms with van der Waals surface area (Å²) in [5, 5.41) is 3.67. The third-order valence-electron chi connectivity index (χ3n) is 4.14. The van der Waals surface area contributed by atoms with E-state index in [0.717, 1.165) is 32.7 Å². The maximum atomic E-state index is 5.48. The van der Waals surface area contributed by atoms with Gasteiger partial charge < -0.3 is 15.0 Å². The molecule has 2 rings (SSSR count). The van der Waals surface area contributed by atoms with Gasteiger partial charge in [0.1, 0.15) is 0 Å². The van der Waals surface area contributed by atoms with Crippen LogP contribution >= 0.6 is 0 Å². The number of hydrogen-bond acceptors (Lipinski definition) is 3. The fourth-order valence-electron chi connectivity index (χ4n) is 2.78. The molecule has 3 heteroatoms. The van der Waals surface area contributed by atoms with E-state index in [4.69, 9.17) is 4.74 Å². The lowest BCUT2D eigenvalue weighted by Gasteiger charge is -2.26. The zero-order valence-electron chi connectivity index (χ0n) is 12.8. The molecule has 1 heterocycles. The lowest BCUT2D eigenvalue weighted by Crippen LogP contribution is -2.35. The van der Waals surface area contributed by atoms with Crippen molar-refractivity contribution in [3.63, 3.8) is 0 Å². The molecule has 1 aliphatic rings. The molecule has 0 radical (unpaired) electrons. The van der Waals surface area contributed by atoms with Crippen LogP contribution in [0, 0.1) is 0 Å². The van der Waals surface area contributed by atoms with Crippen LogP contribution in [0.3, 0.4) is 0 Å². The van der Waals surface area contributed by atoms with Crippen LogP contribution < -0.4 is 5.32 Å². The first-order chi connectivity index (χ1) is 9.81. The van der Waals surface area contributed by atoms with Crippen LogP contribution in [0.5, 0.6) is 0 Å². The molecule has 0 amide bonds. The van der Waals surface area contributed by atoms with E-state index in [1.807, 2.05) is 0 Å². The molecule has 1 aromatic rings. The minimum atomic E-state index is 0.459. The topological polar surface area (TPSA) is 24.5 Å². The third kappa shape index (κ3) is 4.58. The molecule has 1 aliphatic heterocycles. The second kappa shape index (κ2) is 8.40. The van der Waals surface area contributed by atoms with E-state index in [1.165, 1.54) is 18.4 Å². The predicted molar refractivity (Wildman–Crippen MR) is 83.9 cm³/mol. The van der Waals surface area contributed by atoms with E-state index in [0.29, 0.717) is 12.1 Å². The van der Waals surface area contributed by atoms with E-state index in [2.05, 4.69) is 54.5 Å². The van der Waals surface area contributed by atoms with Gasteiger partial charge in [-0.1, -0.05) is 37.3 Å². The highest BCUT2D eigenvalue weighted by atomic mass is 16.5. The minimum Gasteiger partial charge on any atom is -0.380 e. The summed E-state index contributed by atoms with van der Waals surface area (Å²) in [5.41, 5.74) is 1.40. The van der Waals surface area contributed by atoms with Crippen LogP contribution in [0.1, 0.15) is 37.8 Å². The molecule has 1 N–H and O–H groups in total. The number of ether oxygens (including phenoxy) is 1. The van der Waals surface area contributed by atoms with Crippen LogP contribution in [-0.2, 0) is 4.74 Å². The Kier molecular flexibility index (Phi) is 6.51. The summed E-state index contributed by atoms with van der Waals surface area (Å²) < 4.78 is 5.48. The van der Waals surface area contributed by atoms with Gasteiger partial charge in [0.2, 0.25) is 0 Å². The molecule has 1 aromatic carbocycles. The summed E-state index contributed by atoms with van der Waals surface area (Å²) in [5.74, 6) is 0. The largest absolute Gasteiger partial charge is 0.380 e. The van der Waals surface area contributed by atoms with Crippen molar-refractivity contribution in [1.29, 1.82) is 0 Å². The predicted octanol–water partition coefficient (Wildman–Crippen LogP) is 2.84. The highest BCUT2D eigenvalue weighted by Gasteiger charge is 2.21. The lowest BCUT2D eigenvalue weighted by molar-refractivity contribution is 0.156.